The molecule has 1 atom stereocenters. The van der Waals surface area contributed by atoms with Crippen LogP contribution in [0.3, 0.4) is 0 Å². The van der Waals surface area contributed by atoms with E-state index in [-0.39, 0.29) is 0 Å². The highest BCUT2D eigenvalue weighted by molar-refractivity contribution is 5.22. The molecule has 1 nitrogen and oxygen atoms in total. The summed E-state index contributed by atoms with van der Waals surface area (Å²) in [5.74, 6) is -3.11. The average molecular weight is 212 g/mol. The van der Waals surface area contributed by atoms with Crippen LogP contribution < -0.4 is 0 Å². The first kappa shape index (κ1) is 10.9. The molecule has 14 heavy (non-hydrogen) atoms. The topological polar surface area (TPSA) is 20.2 Å². The molecule has 0 amide bonds. The molecule has 78 valence electrons. The van der Waals surface area contributed by atoms with Crippen LogP contribution in [0.15, 0.2) is 18.2 Å². The van der Waals surface area contributed by atoms with Gasteiger partial charge in [0.1, 0.15) is 0 Å². The normalized spacial score (nSPS) is 14.1. The van der Waals surface area contributed by atoms with Crippen LogP contribution in [0.4, 0.5) is 22.0 Å². The van der Waals surface area contributed by atoms with Crippen molar-refractivity contribution >= 4 is 0 Å². The lowest BCUT2D eigenvalue weighted by Crippen LogP contribution is -2.21. The fourth-order valence-electron chi connectivity index (χ4n) is 0.908. The molecular formula is C8H5F5O. The number of hydrogen-bond donors (Lipinski definition) is 1. The van der Waals surface area contributed by atoms with Crippen LogP contribution in [0.1, 0.15) is 11.7 Å². The third kappa shape index (κ3) is 2.01. The molecule has 0 aliphatic heterocycles. The summed E-state index contributed by atoms with van der Waals surface area (Å²) < 4.78 is 60.9. The summed E-state index contributed by atoms with van der Waals surface area (Å²) >= 11 is 0. The van der Waals surface area contributed by atoms with Gasteiger partial charge in [0, 0.05) is 5.56 Å². The summed E-state index contributed by atoms with van der Waals surface area (Å²) in [6, 6.07) is 2.24. The number of benzene rings is 1. The van der Waals surface area contributed by atoms with Gasteiger partial charge in [0.25, 0.3) is 0 Å². The summed E-state index contributed by atoms with van der Waals surface area (Å²) in [5.41, 5.74) is -1.11. The van der Waals surface area contributed by atoms with E-state index in [9.17, 15) is 22.0 Å². The first-order valence-electron chi connectivity index (χ1n) is 3.52. The standard InChI is InChI=1S/C8H5F5O/c9-5-3-1-2-4(6(5)10)7(14)8(11,12)13/h1-3,7,14H/t7-/m1/s1. The Bertz CT molecular complexity index is 333. The predicted octanol–water partition coefficient (Wildman–Crippen LogP) is 2.56. The number of hydrogen-bond acceptors (Lipinski definition) is 1. The van der Waals surface area contributed by atoms with E-state index in [0.29, 0.717) is 12.1 Å². The maximum absolute atomic E-state index is 12.7. The van der Waals surface area contributed by atoms with Crippen molar-refractivity contribution in [3.63, 3.8) is 0 Å². The van der Waals surface area contributed by atoms with Gasteiger partial charge >= 0.3 is 6.18 Å². The maximum Gasteiger partial charge on any atom is 0.418 e. The molecule has 0 saturated carbocycles. The average Bonchev–Trinajstić information content (AvgIpc) is 2.07. The Labute approximate surface area is 75.8 Å². The van der Waals surface area contributed by atoms with E-state index in [1.807, 2.05) is 0 Å². The predicted molar refractivity (Wildman–Crippen MR) is 37.4 cm³/mol. The molecule has 0 radical (unpaired) electrons. The minimum absolute atomic E-state index is 0.669. The van der Waals surface area contributed by atoms with Crippen molar-refractivity contribution in [3.05, 3.63) is 35.4 Å². The van der Waals surface area contributed by atoms with Crippen LogP contribution in [0.2, 0.25) is 0 Å². The second-order valence-corrected chi connectivity index (χ2v) is 2.59. The summed E-state index contributed by atoms with van der Waals surface area (Å²) in [6.45, 7) is 0. The van der Waals surface area contributed by atoms with E-state index in [4.69, 9.17) is 5.11 Å². The van der Waals surface area contributed by atoms with Crippen LogP contribution in [-0.4, -0.2) is 11.3 Å². The Balaban J connectivity index is 3.14. The molecule has 1 rings (SSSR count). The molecule has 1 aromatic rings. The van der Waals surface area contributed by atoms with E-state index in [1.165, 1.54) is 0 Å². The van der Waals surface area contributed by atoms with Gasteiger partial charge in [-0.25, -0.2) is 8.78 Å². The van der Waals surface area contributed by atoms with Crippen LogP contribution in [0.5, 0.6) is 0 Å². The Hall–Kier alpha value is -1.17. The van der Waals surface area contributed by atoms with Gasteiger partial charge in [-0.15, -0.1) is 0 Å². The number of alkyl halides is 3. The molecule has 0 spiro atoms. The van der Waals surface area contributed by atoms with E-state index >= 15 is 0 Å². The summed E-state index contributed by atoms with van der Waals surface area (Å²) in [4.78, 5) is 0. The van der Waals surface area contributed by atoms with E-state index in [1.54, 1.807) is 0 Å². The highest BCUT2D eigenvalue weighted by Gasteiger charge is 2.41. The fraction of sp³-hybridized carbons (Fsp3) is 0.250. The third-order valence-corrected chi connectivity index (χ3v) is 1.59. The lowest BCUT2D eigenvalue weighted by Gasteiger charge is -2.15. The Morgan fingerprint density at radius 2 is 1.71 bits per heavy atom. The molecule has 0 aromatic heterocycles. The Kier molecular flexibility index (Phi) is 2.75. The maximum atomic E-state index is 12.7. The first-order valence-corrected chi connectivity index (χ1v) is 3.52. The van der Waals surface area contributed by atoms with Crippen molar-refractivity contribution < 1.29 is 27.1 Å². The number of rotatable bonds is 1. The summed E-state index contributed by atoms with van der Waals surface area (Å²) in [5, 5.41) is 8.63. The van der Waals surface area contributed by atoms with Gasteiger partial charge in [-0.1, -0.05) is 12.1 Å². The highest BCUT2D eigenvalue weighted by Crippen LogP contribution is 2.33. The second-order valence-electron chi connectivity index (χ2n) is 2.59. The summed E-state index contributed by atoms with van der Waals surface area (Å²) in [7, 11) is 0. The van der Waals surface area contributed by atoms with Crippen molar-refractivity contribution in [1.29, 1.82) is 0 Å². The van der Waals surface area contributed by atoms with Gasteiger partial charge in [0.2, 0.25) is 0 Å². The second kappa shape index (κ2) is 3.53. The van der Waals surface area contributed by atoms with Crippen LogP contribution >= 0.6 is 0 Å². The molecule has 1 N–H and O–H groups in total. The van der Waals surface area contributed by atoms with Crippen molar-refractivity contribution in [1.82, 2.24) is 0 Å². The van der Waals surface area contributed by atoms with Crippen LogP contribution in [0.25, 0.3) is 0 Å². The highest BCUT2D eigenvalue weighted by atomic mass is 19.4. The van der Waals surface area contributed by atoms with Crippen molar-refractivity contribution in [3.8, 4) is 0 Å². The smallest absolute Gasteiger partial charge is 0.379 e. The molecule has 0 saturated heterocycles. The zero-order chi connectivity index (χ0) is 10.9. The summed E-state index contributed by atoms with van der Waals surface area (Å²) in [6.07, 6.45) is -8.01. The molecule has 0 fully saturated rings. The SMILES string of the molecule is O[C@H](c1cccc(F)c1F)C(F)(F)F. The molecule has 0 aliphatic carbocycles. The van der Waals surface area contributed by atoms with Gasteiger partial charge in [0.05, 0.1) is 0 Å². The zero-order valence-electron chi connectivity index (χ0n) is 6.65. The van der Waals surface area contributed by atoms with E-state index in [0.717, 1.165) is 6.07 Å². The van der Waals surface area contributed by atoms with Crippen molar-refractivity contribution in [2.24, 2.45) is 0 Å². The van der Waals surface area contributed by atoms with E-state index in [2.05, 4.69) is 0 Å². The van der Waals surface area contributed by atoms with Crippen molar-refractivity contribution in [2.45, 2.75) is 12.3 Å². The largest absolute Gasteiger partial charge is 0.418 e. The van der Waals surface area contributed by atoms with E-state index < -0.39 is 29.5 Å². The monoisotopic (exact) mass is 212 g/mol. The Morgan fingerprint density at radius 1 is 1.14 bits per heavy atom. The number of aliphatic hydroxyl groups is 1. The lowest BCUT2D eigenvalue weighted by atomic mass is 10.1. The Morgan fingerprint density at radius 3 is 2.21 bits per heavy atom. The zero-order valence-corrected chi connectivity index (χ0v) is 6.65. The molecular weight excluding hydrogens is 207 g/mol. The van der Waals surface area contributed by atoms with Crippen LogP contribution in [-0.2, 0) is 0 Å². The molecule has 0 bridgehead atoms. The molecule has 0 unspecified atom stereocenters. The molecule has 0 aliphatic rings. The molecule has 0 heterocycles. The quantitative estimate of drug-likeness (QED) is 0.709. The van der Waals surface area contributed by atoms with Gasteiger partial charge < -0.3 is 5.11 Å². The minimum atomic E-state index is -5.01. The number of aliphatic hydroxyl groups excluding tert-OH is 1. The molecule has 1 aromatic carbocycles. The molecule has 6 heteroatoms. The number of halogens is 5. The van der Waals surface area contributed by atoms with Gasteiger partial charge in [-0.05, 0) is 6.07 Å². The minimum Gasteiger partial charge on any atom is -0.379 e. The van der Waals surface area contributed by atoms with Gasteiger partial charge in [-0.3, -0.25) is 0 Å². The first-order chi connectivity index (χ1) is 6.34. The van der Waals surface area contributed by atoms with Gasteiger partial charge in [-0.2, -0.15) is 13.2 Å². The van der Waals surface area contributed by atoms with Gasteiger partial charge in [0.15, 0.2) is 17.7 Å². The lowest BCUT2D eigenvalue weighted by molar-refractivity contribution is -0.207. The van der Waals surface area contributed by atoms with Crippen molar-refractivity contribution in [2.75, 3.05) is 0 Å². The van der Waals surface area contributed by atoms with Crippen LogP contribution in [0, 0.1) is 11.6 Å². The fourth-order valence-corrected chi connectivity index (χ4v) is 0.908. The third-order valence-electron chi connectivity index (χ3n) is 1.59.